The highest BCUT2D eigenvalue weighted by Crippen LogP contribution is 2.24. The minimum Gasteiger partial charge on any atom is -0.327 e. The molecule has 2 N–H and O–H groups in total. The van der Waals surface area contributed by atoms with Crippen LogP contribution in [0.25, 0.3) is 0 Å². The molecule has 1 aromatic heterocycles. The minimum atomic E-state index is 0.313. The second-order valence-electron chi connectivity index (χ2n) is 6.33. The van der Waals surface area contributed by atoms with Gasteiger partial charge in [-0.1, -0.05) is 35.9 Å². The molecule has 1 fully saturated rings. The van der Waals surface area contributed by atoms with Crippen LogP contribution in [0.4, 0.5) is 0 Å². The molecule has 1 saturated heterocycles. The number of nitrogens with two attached hydrogens (primary N) is 1. The van der Waals surface area contributed by atoms with E-state index in [0.29, 0.717) is 12.0 Å². The highest BCUT2D eigenvalue weighted by atomic mass is 32.1. The van der Waals surface area contributed by atoms with E-state index in [9.17, 15) is 0 Å². The summed E-state index contributed by atoms with van der Waals surface area (Å²) < 4.78 is 0. The predicted molar refractivity (Wildman–Crippen MR) is 90.6 cm³/mol. The lowest BCUT2D eigenvalue weighted by molar-refractivity contribution is 0.150. The van der Waals surface area contributed by atoms with E-state index >= 15 is 0 Å². The summed E-state index contributed by atoms with van der Waals surface area (Å²) in [4.78, 5) is 4.02. The van der Waals surface area contributed by atoms with Gasteiger partial charge in [-0.2, -0.15) is 0 Å². The molecule has 2 nitrogen and oxygen atoms in total. The molecular formula is C18H24N2S. The average Bonchev–Trinajstić information content (AvgIpc) is 2.90. The number of rotatable bonds is 4. The van der Waals surface area contributed by atoms with Crippen molar-refractivity contribution in [2.75, 3.05) is 13.1 Å². The maximum atomic E-state index is 6.29. The van der Waals surface area contributed by atoms with Crippen LogP contribution in [0.15, 0.2) is 41.8 Å². The summed E-state index contributed by atoms with van der Waals surface area (Å²) in [7, 11) is 0. The number of thiophene rings is 1. The van der Waals surface area contributed by atoms with Gasteiger partial charge in [-0.25, -0.2) is 0 Å². The molecule has 3 heteroatoms. The Morgan fingerprint density at radius 3 is 2.90 bits per heavy atom. The first kappa shape index (κ1) is 14.8. The zero-order chi connectivity index (χ0) is 14.7. The van der Waals surface area contributed by atoms with Crippen LogP contribution in [0.2, 0.25) is 0 Å². The van der Waals surface area contributed by atoms with E-state index in [1.54, 1.807) is 0 Å². The van der Waals surface area contributed by atoms with E-state index in [4.69, 9.17) is 5.73 Å². The second kappa shape index (κ2) is 6.73. The van der Waals surface area contributed by atoms with E-state index in [0.717, 1.165) is 19.5 Å². The minimum absolute atomic E-state index is 0.313. The third-order valence-corrected chi connectivity index (χ3v) is 5.10. The summed E-state index contributed by atoms with van der Waals surface area (Å²) in [6, 6.07) is 13.5. The molecule has 3 rings (SSSR count). The van der Waals surface area contributed by atoms with Crippen molar-refractivity contribution in [1.29, 1.82) is 0 Å². The van der Waals surface area contributed by atoms with Crippen molar-refractivity contribution in [2.45, 2.75) is 32.4 Å². The van der Waals surface area contributed by atoms with E-state index in [-0.39, 0.29) is 0 Å². The standard InChI is InChI=1S/C18H24N2S/c1-14-4-2-5-15(8-14)11-20-12-16(9-17(19)13-20)10-18-6-3-7-21-18/h2-8,16-17H,9-13,19H2,1H3. The molecule has 2 aromatic rings. The van der Waals surface area contributed by atoms with Gasteiger partial charge >= 0.3 is 0 Å². The maximum Gasteiger partial charge on any atom is 0.0234 e. The second-order valence-corrected chi connectivity index (χ2v) is 7.36. The molecule has 1 aliphatic heterocycles. The monoisotopic (exact) mass is 300 g/mol. The van der Waals surface area contributed by atoms with Crippen LogP contribution in [-0.2, 0) is 13.0 Å². The number of piperidine rings is 1. The highest BCUT2D eigenvalue weighted by molar-refractivity contribution is 7.09. The fourth-order valence-electron chi connectivity index (χ4n) is 3.41. The Labute approximate surface area is 131 Å². The Morgan fingerprint density at radius 2 is 2.14 bits per heavy atom. The maximum absolute atomic E-state index is 6.29. The molecule has 1 aliphatic rings. The van der Waals surface area contributed by atoms with Gasteiger partial charge in [0.25, 0.3) is 0 Å². The van der Waals surface area contributed by atoms with Gasteiger partial charge in [-0.15, -0.1) is 11.3 Å². The predicted octanol–water partition coefficient (Wildman–Crippen LogP) is 3.45. The van der Waals surface area contributed by atoms with Crippen LogP contribution in [0.3, 0.4) is 0 Å². The third-order valence-electron chi connectivity index (χ3n) is 4.20. The Bertz CT molecular complexity index is 564. The summed E-state index contributed by atoms with van der Waals surface area (Å²) in [6.07, 6.45) is 2.33. The van der Waals surface area contributed by atoms with E-state index in [1.807, 2.05) is 11.3 Å². The summed E-state index contributed by atoms with van der Waals surface area (Å²) in [5, 5.41) is 2.17. The number of nitrogens with zero attached hydrogens (tertiary/aromatic N) is 1. The summed E-state index contributed by atoms with van der Waals surface area (Å²) in [5.74, 6) is 0.692. The zero-order valence-electron chi connectivity index (χ0n) is 12.7. The van der Waals surface area contributed by atoms with Crippen LogP contribution in [-0.4, -0.2) is 24.0 Å². The van der Waals surface area contributed by atoms with E-state index in [1.165, 1.54) is 29.0 Å². The van der Waals surface area contributed by atoms with Crippen molar-refractivity contribution < 1.29 is 0 Å². The Hall–Kier alpha value is -1.16. The number of hydrogen-bond acceptors (Lipinski definition) is 3. The van der Waals surface area contributed by atoms with E-state index in [2.05, 4.69) is 53.6 Å². The number of benzene rings is 1. The molecule has 0 aliphatic carbocycles. The van der Waals surface area contributed by atoms with Gasteiger partial charge < -0.3 is 5.73 Å². The smallest absolute Gasteiger partial charge is 0.0234 e. The largest absolute Gasteiger partial charge is 0.327 e. The lowest BCUT2D eigenvalue weighted by atomic mass is 9.91. The Balaban J connectivity index is 1.62. The highest BCUT2D eigenvalue weighted by Gasteiger charge is 2.25. The molecule has 1 aromatic carbocycles. The molecule has 0 radical (unpaired) electrons. The number of hydrogen-bond donors (Lipinski definition) is 1. The van der Waals surface area contributed by atoms with E-state index < -0.39 is 0 Å². The van der Waals surface area contributed by atoms with Gasteiger partial charge in [-0.05, 0) is 42.7 Å². The van der Waals surface area contributed by atoms with Gasteiger partial charge in [0.1, 0.15) is 0 Å². The van der Waals surface area contributed by atoms with Crippen molar-refractivity contribution in [3.05, 3.63) is 57.8 Å². The number of likely N-dealkylation sites (tertiary alicyclic amines) is 1. The first-order valence-electron chi connectivity index (χ1n) is 7.75. The van der Waals surface area contributed by atoms with Crippen LogP contribution in [0, 0.1) is 12.8 Å². The number of aryl methyl sites for hydroxylation is 1. The van der Waals surface area contributed by atoms with Gasteiger partial charge in [0.05, 0.1) is 0 Å². The van der Waals surface area contributed by atoms with Crippen LogP contribution < -0.4 is 5.73 Å². The van der Waals surface area contributed by atoms with Gasteiger partial charge in [0, 0.05) is 30.6 Å². The topological polar surface area (TPSA) is 29.3 Å². The van der Waals surface area contributed by atoms with Crippen molar-refractivity contribution in [2.24, 2.45) is 11.7 Å². The van der Waals surface area contributed by atoms with Crippen molar-refractivity contribution >= 4 is 11.3 Å². The molecule has 0 saturated carbocycles. The van der Waals surface area contributed by atoms with Crippen molar-refractivity contribution in [3.8, 4) is 0 Å². The van der Waals surface area contributed by atoms with Gasteiger partial charge in [-0.3, -0.25) is 4.90 Å². The fraction of sp³-hybridized carbons (Fsp3) is 0.444. The molecule has 2 atom stereocenters. The van der Waals surface area contributed by atoms with Crippen molar-refractivity contribution in [3.63, 3.8) is 0 Å². The summed E-state index contributed by atoms with van der Waals surface area (Å²) in [5.41, 5.74) is 9.03. The molecule has 112 valence electrons. The molecule has 2 heterocycles. The quantitative estimate of drug-likeness (QED) is 0.937. The van der Waals surface area contributed by atoms with Crippen molar-refractivity contribution in [1.82, 2.24) is 4.90 Å². The van der Waals surface area contributed by atoms with Crippen LogP contribution in [0.1, 0.15) is 22.4 Å². The molecule has 21 heavy (non-hydrogen) atoms. The van der Waals surface area contributed by atoms with Gasteiger partial charge in [0.15, 0.2) is 0 Å². The zero-order valence-corrected chi connectivity index (χ0v) is 13.5. The molecule has 0 spiro atoms. The first-order valence-corrected chi connectivity index (χ1v) is 8.63. The average molecular weight is 300 g/mol. The Morgan fingerprint density at radius 1 is 1.24 bits per heavy atom. The van der Waals surface area contributed by atoms with Crippen LogP contribution >= 0.6 is 11.3 Å². The lowest BCUT2D eigenvalue weighted by Crippen LogP contribution is -2.47. The summed E-state index contributed by atoms with van der Waals surface area (Å²) in [6.45, 7) is 5.37. The Kier molecular flexibility index (Phi) is 4.73. The molecule has 2 unspecified atom stereocenters. The lowest BCUT2D eigenvalue weighted by Gasteiger charge is -2.36. The fourth-order valence-corrected chi connectivity index (χ4v) is 4.23. The van der Waals surface area contributed by atoms with Crippen LogP contribution in [0.5, 0.6) is 0 Å². The SMILES string of the molecule is Cc1cccc(CN2CC(N)CC(Cc3cccs3)C2)c1. The van der Waals surface area contributed by atoms with Gasteiger partial charge in [0.2, 0.25) is 0 Å². The normalized spacial score (nSPS) is 23.3. The molecule has 0 bridgehead atoms. The summed E-state index contributed by atoms with van der Waals surface area (Å²) >= 11 is 1.87. The first-order chi connectivity index (χ1) is 10.2. The third kappa shape index (κ3) is 4.16. The molecular weight excluding hydrogens is 276 g/mol. The molecule has 0 amide bonds.